The first-order valence-corrected chi connectivity index (χ1v) is 8.92. The first-order chi connectivity index (χ1) is 12.6. The fourth-order valence-electron chi connectivity index (χ4n) is 2.22. The van der Waals surface area contributed by atoms with Crippen molar-refractivity contribution in [3.05, 3.63) is 59.7 Å². The lowest BCUT2D eigenvalue weighted by atomic mass is 10.1. The van der Waals surface area contributed by atoms with Crippen molar-refractivity contribution in [1.29, 1.82) is 5.26 Å². The van der Waals surface area contributed by atoms with Crippen molar-refractivity contribution >= 4 is 21.6 Å². The molecule has 0 aliphatic rings. The predicted molar refractivity (Wildman–Crippen MR) is 91.0 cm³/mol. The molecule has 2 aromatic carbocycles. The molecule has 0 spiro atoms. The molecule has 0 atom stereocenters. The minimum Gasteiger partial charge on any atom is -0.324 e. The summed E-state index contributed by atoms with van der Waals surface area (Å²) in [5.74, 6) is -0.936. The lowest BCUT2D eigenvalue weighted by Gasteiger charge is -2.18. The number of carbonyl (C=O) groups is 1. The van der Waals surface area contributed by atoms with Gasteiger partial charge in [0.15, 0.2) is 0 Å². The molecule has 2 aromatic rings. The minimum absolute atomic E-state index is 0.119. The Morgan fingerprint density at radius 3 is 2.48 bits per heavy atom. The topological polar surface area (TPSA) is 90.3 Å². The summed E-state index contributed by atoms with van der Waals surface area (Å²) in [6.45, 7) is -0.703. The Kier molecular flexibility index (Phi) is 5.88. The highest BCUT2D eigenvalue weighted by molar-refractivity contribution is 7.89. The van der Waals surface area contributed by atoms with E-state index in [9.17, 15) is 26.4 Å². The number of para-hydroxylation sites is 1. The van der Waals surface area contributed by atoms with Crippen LogP contribution < -0.4 is 5.32 Å². The van der Waals surface area contributed by atoms with Gasteiger partial charge in [-0.2, -0.15) is 22.7 Å². The Bertz CT molecular complexity index is 998. The Labute approximate surface area is 153 Å². The van der Waals surface area contributed by atoms with E-state index in [1.54, 1.807) is 6.07 Å². The van der Waals surface area contributed by atoms with E-state index in [4.69, 9.17) is 5.26 Å². The second kappa shape index (κ2) is 7.77. The third-order valence-electron chi connectivity index (χ3n) is 3.54. The van der Waals surface area contributed by atoms with Gasteiger partial charge >= 0.3 is 6.18 Å². The highest BCUT2D eigenvalue weighted by atomic mass is 32.2. The van der Waals surface area contributed by atoms with E-state index in [1.807, 2.05) is 0 Å². The molecule has 1 amide bonds. The Balaban J connectivity index is 2.18. The summed E-state index contributed by atoms with van der Waals surface area (Å²) in [4.78, 5) is 11.9. The number of amides is 1. The number of halogens is 3. The normalized spacial score (nSPS) is 11.9. The average Bonchev–Trinajstić information content (AvgIpc) is 2.61. The van der Waals surface area contributed by atoms with Crippen LogP contribution in [0.15, 0.2) is 53.4 Å². The van der Waals surface area contributed by atoms with Crippen molar-refractivity contribution in [1.82, 2.24) is 4.31 Å². The van der Waals surface area contributed by atoms with Crippen LogP contribution in [0.3, 0.4) is 0 Å². The summed E-state index contributed by atoms with van der Waals surface area (Å²) in [5, 5.41) is 10.9. The first kappa shape index (κ1) is 20.4. The summed E-state index contributed by atoms with van der Waals surface area (Å²) in [6.07, 6.45) is -4.67. The molecule has 0 saturated carbocycles. The van der Waals surface area contributed by atoms with Crippen molar-refractivity contribution in [2.24, 2.45) is 0 Å². The van der Waals surface area contributed by atoms with E-state index in [-0.39, 0.29) is 10.5 Å². The number of alkyl halides is 3. The molecule has 0 unspecified atom stereocenters. The van der Waals surface area contributed by atoms with E-state index in [0.29, 0.717) is 4.31 Å². The number of nitrogens with zero attached hydrogens (tertiary/aromatic N) is 2. The van der Waals surface area contributed by atoms with Crippen LogP contribution in [0.25, 0.3) is 0 Å². The number of benzene rings is 2. The number of anilines is 1. The lowest BCUT2D eigenvalue weighted by Crippen LogP contribution is -2.35. The van der Waals surface area contributed by atoms with Gasteiger partial charge in [0, 0.05) is 7.05 Å². The predicted octanol–water partition coefficient (Wildman–Crippen LogP) is 2.84. The molecule has 0 radical (unpaired) electrons. The monoisotopic (exact) mass is 397 g/mol. The molecule has 0 aromatic heterocycles. The van der Waals surface area contributed by atoms with Gasteiger partial charge in [0.05, 0.1) is 34.3 Å². The van der Waals surface area contributed by atoms with Crippen molar-refractivity contribution in [2.75, 3.05) is 18.9 Å². The SMILES string of the molecule is CN(CC(=O)Nc1ccccc1C(F)(F)F)S(=O)(=O)c1cccc(C#N)c1. The minimum atomic E-state index is -4.67. The molecule has 6 nitrogen and oxygen atoms in total. The maximum Gasteiger partial charge on any atom is 0.418 e. The third-order valence-corrected chi connectivity index (χ3v) is 5.34. The van der Waals surface area contributed by atoms with Gasteiger partial charge in [0.25, 0.3) is 0 Å². The van der Waals surface area contributed by atoms with E-state index < -0.39 is 39.9 Å². The second-order valence-corrected chi connectivity index (χ2v) is 7.54. The molecule has 0 saturated heterocycles. The van der Waals surface area contributed by atoms with Crippen molar-refractivity contribution in [3.63, 3.8) is 0 Å². The molecule has 2 rings (SSSR count). The van der Waals surface area contributed by atoms with Gasteiger partial charge in [-0.15, -0.1) is 0 Å². The fourth-order valence-corrected chi connectivity index (χ4v) is 3.40. The van der Waals surface area contributed by atoms with E-state index in [2.05, 4.69) is 5.32 Å². The summed E-state index contributed by atoms with van der Waals surface area (Å²) in [5.41, 5.74) is -1.38. The molecular formula is C17H14F3N3O3S. The Morgan fingerprint density at radius 1 is 1.19 bits per heavy atom. The number of carbonyl (C=O) groups excluding carboxylic acids is 1. The molecule has 0 aliphatic heterocycles. The lowest BCUT2D eigenvalue weighted by molar-refractivity contribution is -0.137. The van der Waals surface area contributed by atoms with E-state index >= 15 is 0 Å². The summed E-state index contributed by atoms with van der Waals surface area (Å²) < 4.78 is 64.5. The highest BCUT2D eigenvalue weighted by Crippen LogP contribution is 2.34. The number of nitriles is 1. The first-order valence-electron chi connectivity index (χ1n) is 7.48. The van der Waals surface area contributed by atoms with Crippen LogP contribution in [0.1, 0.15) is 11.1 Å². The van der Waals surface area contributed by atoms with Crippen LogP contribution in [-0.4, -0.2) is 32.2 Å². The molecule has 142 valence electrons. The standard InChI is InChI=1S/C17H14F3N3O3S/c1-23(27(25,26)13-6-4-5-12(9-13)10-21)11-16(24)22-15-8-3-2-7-14(15)17(18,19)20/h2-9H,11H2,1H3,(H,22,24). The van der Waals surface area contributed by atoms with Crippen molar-refractivity contribution < 1.29 is 26.4 Å². The maximum atomic E-state index is 13.0. The number of sulfonamides is 1. The van der Waals surface area contributed by atoms with Gasteiger partial charge in [-0.25, -0.2) is 8.42 Å². The molecule has 0 fully saturated rings. The Morgan fingerprint density at radius 2 is 1.85 bits per heavy atom. The van der Waals surface area contributed by atoms with Crippen LogP contribution in [-0.2, 0) is 21.0 Å². The number of rotatable bonds is 5. The van der Waals surface area contributed by atoms with Crippen LogP contribution in [0.4, 0.5) is 18.9 Å². The largest absolute Gasteiger partial charge is 0.418 e. The highest BCUT2D eigenvalue weighted by Gasteiger charge is 2.33. The number of likely N-dealkylation sites (N-methyl/N-ethyl adjacent to an activating group) is 1. The van der Waals surface area contributed by atoms with Crippen LogP contribution in [0.5, 0.6) is 0 Å². The molecule has 0 bridgehead atoms. The van der Waals surface area contributed by atoms with E-state index in [0.717, 1.165) is 25.2 Å². The molecule has 1 N–H and O–H groups in total. The zero-order chi connectivity index (χ0) is 20.2. The maximum absolute atomic E-state index is 13.0. The summed E-state index contributed by atoms with van der Waals surface area (Å²) in [6, 6.07) is 11.4. The quantitative estimate of drug-likeness (QED) is 0.840. The smallest absolute Gasteiger partial charge is 0.324 e. The summed E-state index contributed by atoms with van der Waals surface area (Å²) >= 11 is 0. The van der Waals surface area contributed by atoms with Gasteiger partial charge in [-0.05, 0) is 30.3 Å². The van der Waals surface area contributed by atoms with Gasteiger partial charge < -0.3 is 5.32 Å². The van der Waals surface area contributed by atoms with Crippen molar-refractivity contribution in [2.45, 2.75) is 11.1 Å². The fraction of sp³-hybridized carbons (Fsp3) is 0.176. The number of hydrogen-bond acceptors (Lipinski definition) is 4. The van der Waals surface area contributed by atoms with Gasteiger partial charge in [0.2, 0.25) is 15.9 Å². The van der Waals surface area contributed by atoms with Crippen LogP contribution >= 0.6 is 0 Å². The van der Waals surface area contributed by atoms with Gasteiger partial charge in [-0.1, -0.05) is 18.2 Å². The molecule has 10 heteroatoms. The average molecular weight is 397 g/mol. The number of hydrogen-bond donors (Lipinski definition) is 1. The van der Waals surface area contributed by atoms with Crippen LogP contribution in [0, 0.1) is 11.3 Å². The van der Waals surface area contributed by atoms with Crippen molar-refractivity contribution in [3.8, 4) is 6.07 Å². The zero-order valence-electron chi connectivity index (χ0n) is 14.0. The second-order valence-electron chi connectivity index (χ2n) is 5.49. The zero-order valence-corrected chi connectivity index (χ0v) is 14.8. The van der Waals surface area contributed by atoms with Gasteiger partial charge in [0.1, 0.15) is 0 Å². The molecule has 0 aliphatic carbocycles. The van der Waals surface area contributed by atoms with E-state index in [1.165, 1.54) is 30.3 Å². The molecule has 27 heavy (non-hydrogen) atoms. The van der Waals surface area contributed by atoms with Gasteiger partial charge in [-0.3, -0.25) is 4.79 Å². The number of nitrogens with one attached hydrogen (secondary N) is 1. The summed E-state index contributed by atoms with van der Waals surface area (Å²) in [7, 11) is -2.98. The third kappa shape index (κ3) is 4.84. The van der Waals surface area contributed by atoms with Crippen LogP contribution in [0.2, 0.25) is 0 Å². The molecule has 0 heterocycles. The molecular weight excluding hydrogens is 383 g/mol. The Hall–Kier alpha value is -2.90.